The van der Waals surface area contributed by atoms with E-state index in [1.165, 1.54) is 11.0 Å². The molecule has 1 amide bonds. The van der Waals surface area contributed by atoms with Crippen molar-refractivity contribution in [3.8, 4) is 5.75 Å². The maximum atomic E-state index is 11.3. The predicted molar refractivity (Wildman–Crippen MR) is 66.7 cm³/mol. The molecule has 1 aromatic carbocycles. The minimum atomic E-state index is -0.0373. The van der Waals surface area contributed by atoms with E-state index in [2.05, 4.69) is 0 Å². The average molecular weight is 235 g/mol. The van der Waals surface area contributed by atoms with E-state index in [1.807, 2.05) is 24.3 Å². The van der Waals surface area contributed by atoms with Crippen LogP contribution in [0.5, 0.6) is 5.75 Å². The molecule has 0 heterocycles. The summed E-state index contributed by atoms with van der Waals surface area (Å²) in [5.41, 5.74) is 0.949. The van der Waals surface area contributed by atoms with Crippen LogP contribution in [0.25, 0.3) is 6.08 Å². The fourth-order valence-electron chi connectivity index (χ4n) is 1.12. The van der Waals surface area contributed by atoms with Crippen LogP contribution in [0.2, 0.25) is 0 Å². The van der Waals surface area contributed by atoms with Gasteiger partial charge in [-0.2, -0.15) is 0 Å². The summed E-state index contributed by atoms with van der Waals surface area (Å²) in [5, 5.41) is 0. The Labute approximate surface area is 101 Å². The van der Waals surface area contributed by atoms with Gasteiger partial charge in [-0.05, 0) is 23.8 Å². The van der Waals surface area contributed by atoms with Crippen LogP contribution < -0.4 is 4.74 Å². The van der Waals surface area contributed by atoms with Crippen molar-refractivity contribution < 1.29 is 14.3 Å². The minimum Gasteiger partial charge on any atom is -0.468 e. The van der Waals surface area contributed by atoms with Crippen molar-refractivity contribution in [3.63, 3.8) is 0 Å². The highest BCUT2D eigenvalue weighted by atomic mass is 16.7. The van der Waals surface area contributed by atoms with Crippen LogP contribution in [0.1, 0.15) is 5.56 Å². The Hall–Kier alpha value is -1.81. The largest absolute Gasteiger partial charge is 0.468 e. The molecule has 0 aliphatic carbocycles. The Kier molecular flexibility index (Phi) is 5.23. The Bertz CT molecular complexity index is 382. The summed E-state index contributed by atoms with van der Waals surface area (Å²) in [7, 11) is 5.01. The second-order valence-corrected chi connectivity index (χ2v) is 3.69. The van der Waals surface area contributed by atoms with Crippen molar-refractivity contribution in [3.05, 3.63) is 35.9 Å². The zero-order valence-electron chi connectivity index (χ0n) is 10.3. The van der Waals surface area contributed by atoms with Gasteiger partial charge in [0.05, 0.1) is 0 Å². The van der Waals surface area contributed by atoms with Gasteiger partial charge in [0.15, 0.2) is 6.79 Å². The van der Waals surface area contributed by atoms with E-state index in [0.717, 1.165) is 11.3 Å². The number of amides is 1. The lowest BCUT2D eigenvalue weighted by atomic mass is 10.2. The first-order valence-electron chi connectivity index (χ1n) is 5.24. The molecule has 0 bridgehead atoms. The molecule has 0 atom stereocenters. The van der Waals surface area contributed by atoms with E-state index in [4.69, 9.17) is 9.47 Å². The van der Waals surface area contributed by atoms with Gasteiger partial charge in [-0.1, -0.05) is 12.1 Å². The van der Waals surface area contributed by atoms with Crippen molar-refractivity contribution in [2.75, 3.05) is 28.0 Å². The van der Waals surface area contributed by atoms with Crippen molar-refractivity contribution in [1.82, 2.24) is 4.90 Å². The second-order valence-electron chi connectivity index (χ2n) is 3.69. The molecule has 1 rings (SSSR count). The third kappa shape index (κ3) is 4.70. The molecule has 0 aliphatic heterocycles. The Balaban J connectivity index is 2.59. The molecule has 0 aromatic heterocycles. The van der Waals surface area contributed by atoms with Crippen molar-refractivity contribution in [2.24, 2.45) is 0 Å². The van der Waals surface area contributed by atoms with Gasteiger partial charge in [0.1, 0.15) is 5.75 Å². The molecule has 0 radical (unpaired) electrons. The Morgan fingerprint density at radius 1 is 1.29 bits per heavy atom. The van der Waals surface area contributed by atoms with Gasteiger partial charge in [0.25, 0.3) is 0 Å². The maximum Gasteiger partial charge on any atom is 0.246 e. The number of carbonyl (C=O) groups excluding carboxylic acids is 1. The highest BCUT2D eigenvalue weighted by Gasteiger charge is 1.97. The van der Waals surface area contributed by atoms with Crippen LogP contribution in [-0.4, -0.2) is 38.8 Å². The molecule has 4 nitrogen and oxygen atoms in total. The second kappa shape index (κ2) is 6.70. The van der Waals surface area contributed by atoms with Crippen LogP contribution in [0.4, 0.5) is 0 Å². The third-order valence-corrected chi connectivity index (χ3v) is 2.08. The molecule has 0 N–H and O–H groups in total. The van der Waals surface area contributed by atoms with Crippen LogP contribution in [0, 0.1) is 0 Å². The molecule has 92 valence electrons. The number of carbonyl (C=O) groups is 1. The number of benzene rings is 1. The van der Waals surface area contributed by atoms with Crippen LogP contribution in [-0.2, 0) is 9.53 Å². The van der Waals surface area contributed by atoms with Gasteiger partial charge in [-0.25, -0.2) is 0 Å². The van der Waals surface area contributed by atoms with Crippen molar-refractivity contribution >= 4 is 12.0 Å². The first kappa shape index (κ1) is 13.3. The average Bonchev–Trinajstić information content (AvgIpc) is 2.34. The summed E-state index contributed by atoms with van der Waals surface area (Å²) in [4.78, 5) is 12.8. The lowest BCUT2D eigenvalue weighted by Crippen LogP contribution is -2.18. The van der Waals surface area contributed by atoms with Crippen LogP contribution >= 0.6 is 0 Å². The topological polar surface area (TPSA) is 38.8 Å². The number of likely N-dealkylation sites (N-methyl/N-ethyl adjacent to an activating group) is 1. The number of methoxy groups -OCH3 is 1. The molecular weight excluding hydrogens is 218 g/mol. The molecule has 0 spiro atoms. The highest BCUT2D eigenvalue weighted by molar-refractivity contribution is 5.91. The normalized spacial score (nSPS) is 10.5. The molecule has 0 saturated carbocycles. The van der Waals surface area contributed by atoms with Gasteiger partial charge in [0, 0.05) is 27.3 Å². The molecule has 0 aliphatic rings. The summed E-state index contributed by atoms with van der Waals surface area (Å²) in [6, 6.07) is 7.42. The third-order valence-electron chi connectivity index (χ3n) is 2.08. The standard InChI is InChI=1S/C13H17NO3/c1-14(2)13(15)9-6-11-4-7-12(8-5-11)17-10-16-3/h4-9H,10H2,1-3H3/b9-6+. The molecule has 17 heavy (non-hydrogen) atoms. The Morgan fingerprint density at radius 2 is 1.94 bits per heavy atom. The van der Waals surface area contributed by atoms with Crippen LogP contribution in [0.15, 0.2) is 30.3 Å². The van der Waals surface area contributed by atoms with E-state index in [1.54, 1.807) is 27.3 Å². The number of hydrogen-bond donors (Lipinski definition) is 0. The van der Waals surface area contributed by atoms with Gasteiger partial charge in [-0.15, -0.1) is 0 Å². The molecular formula is C13H17NO3. The lowest BCUT2D eigenvalue weighted by Gasteiger charge is -2.06. The van der Waals surface area contributed by atoms with Gasteiger partial charge in [0.2, 0.25) is 5.91 Å². The molecule has 0 saturated heterocycles. The highest BCUT2D eigenvalue weighted by Crippen LogP contribution is 2.13. The zero-order valence-corrected chi connectivity index (χ0v) is 10.3. The number of ether oxygens (including phenoxy) is 2. The first-order valence-corrected chi connectivity index (χ1v) is 5.24. The fourth-order valence-corrected chi connectivity index (χ4v) is 1.12. The summed E-state index contributed by atoms with van der Waals surface area (Å²) >= 11 is 0. The van der Waals surface area contributed by atoms with E-state index < -0.39 is 0 Å². The zero-order chi connectivity index (χ0) is 12.7. The first-order chi connectivity index (χ1) is 8.13. The smallest absolute Gasteiger partial charge is 0.246 e. The van der Waals surface area contributed by atoms with E-state index in [0.29, 0.717) is 0 Å². The molecule has 1 aromatic rings. The van der Waals surface area contributed by atoms with Gasteiger partial charge < -0.3 is 14.4 Å². The maximum absolute atomic E-state index is 11.3. The lowest BCUT2D eigenvalue weighted by molar-refractivity contribution is -0.123. The predicted octanol–water partition coefficient (Wildman–Crippen LogP) is 1.77. The number of rotatable bonds is 5. The van der Waals surface area contributed by atoms with E-state index in [9.17, 15) is 4.79 Å². The summed E-state index contributed by atoms with van der Waals surface area (Å²) in [6.45, 7) is 0.230. The van der Waals surface area contributed by atoms with Gasteiger partial charge in [-0.3, -0.25) is 4.79 Å². The summed E-state index contributed by atoms with van der Waals surface area (Å²) < 4.78 is 10.0. The molecule has 0 unspecified atom stereocenters. The molecule has 0 fully saturated rings. The van der Waals surface area contributed by atoms with Crippen LogP contribution in [0.3, 0.4) is 0 Å². The molecule has 4 heteroatoms. The SMILES string of the molecule is COCOc1ccc(/C=C/C(=O)N(C)C)cc1. The Morgan fingerprint density at radius 3 is 2.47 bits per heavy atom. The van der Waals surface area contributed by atoms with E-state index >= 15 is 0 Å². The monoisotopic (exact) mass is 235 g/mol. The van der Waals surface area contributed by atoms with Crippen molar-refractivity contribution in [1.29, 1.82) is 0 Å². The fraction of sp³-hybridized carbons (Fsp3) is 0.308. The quantitative estimate of drug-likeness (QED) is 0.576. The summed E-state index contributed by atoms with van der Waals surface area (Å²) in [6.07, 6.45) is 3.30. The van der Waals surface area contributed by atoms with E-state index in [-0.39, 0.29) is 12.7 Å². The van der Waals surface area contributed by atoms with Crippen molar-refractivity contribution in [2.45, 2.75) is 0 Å². The minimum absolute atomic E-state index is 0.0373. The summed E-state index contributed by atoms with van der Waals surface area (Å²) in [5.74, 6) is 0.702. The number of hydrogen-bond acceptors (Lipinski definition) is 3. The van der Waals surface area contributed by atoms with Gasteiger partial charge >= 0.3 is 0 Å². The number of nitrogens with zero attached hydrogens (tertiary/aromatic N) is 1.